The fraction of sp³-hybridized carbons (Fsp3) is 0.522. The Morgan fingerprint density at radius 2 is 1.93 bits per heavy atom. The van der Waals surface area contributed by atoms with E-state index in [0.717, 1.165) is 48.7 Å². The summed E-state index contributed by atoms with van der Waals surface area (Å²) in [7, 11) is 0. The summed E-state index contributed by atoms with van der Waals surface area (Å²) >= 11 is 0. The Hall–Kier alpha value is -2.47. The minimum absolute atomic E-state index is 0.0383. The third-order valence-electron chi connectivity index (χ3n) is 6.03. The van der Waals surface area contributed by atoms with Crippen molar-refractivity contribution in [1.82, 2.24) is 14.8 Å². The third-order valence-corrected chi connectivity index (χ3v) is 6.03. The third kappa shape index (κ3) is 4.42. The van der Waals surface area contributed by atoms with Gasteiger partial charge in [0.2, 0.25) is 0 Å². The quantitative estimate of drug-likeness (QED) is 0.761. The van der Waals surface area contributed by atoms with Crippen LogP contribution in [-0.4, -0.2) is 47.3 Å². The molecule has 0 saturated carbocycles. The van der Waals surface area contributed by atoms with Gasteiger partial charge in [0.15, 0.2) is 0 Å². The van der Waals surface area contributed by atoms with E-state index >= 15 is 0 Å². The molecule has 2 aromatic rings. The number of pyridine rings is 1. The molecule has 29 heavy (non-hydrogen) atoms. The minimum Gasteiger partial charge on any atom is -0.352 e. The van der Waals surface area contributed by atoms with Crippen molar-refractivity contribution >= 4 is 23.1 Å². The number of hydrogen-bond donors (Lipinski definition) is 1. The Labute approximate surface area is 171 Å². The van der Waals surface area contributed by atoms with Crippen molar-refractivity contribution in [1.29, 1.82) is 0 Å². The maximum Gasteiger partial charge on any atom is 0.264 e. The van der Waals surface area contributed by atoms with Crippen LogP contribution in [0.4, 0.5) is 0 Å². The van der Waals surface area contributed by atoms with Crippen LogP contribution < -0.4 is 10.9 Å². The summed E-state index contributed by atoms with van der Waals surface area (Å²) in [5.74, 6) is 0.0572. The number of aromatic nitrogens is 1. The van der Waals surface area contributed by atoms with Crippen molar-refractivity contribution in [3.8, 4) is 0 Å². The summed E-state index contributed by atoms with van der Waals surface area (Å²) in [6, 6.07) is 7.50. The molecule has 1 N–H and O–H groups in total. The van der Waals surface area contributed by atoms with E-state index in [2.05, 4.69) is 10.2 Å². The Morgan fingerprint density at radius 1 is 1.24 bits per heavy atom. The fourth-order valence-corrected chi connectivity index (χ4v) is 4.17. The lowest BCUT2D eigenvalue weighted by Gasteiger charge is -2.33. The number of aryl methyl sites for hydroxylation is 1. The molecular formula is C23H31N3O3. The van der Waals surface area contributed by atoms with Gasteiger partial charge in [-0.3, -0.25) is 14.5 Å². The molecule has 0 aliphatic carbocycles. The van der Waals surface area contributed by atoms with Crippen molar-refractivity contribution in [2.45, 2.75) is 52.6 Å². The number of aldehydes is 1. The zero-order valence-corrected chi connectivity index (χ0v) is 17.8. The van der Waals surface area contributed by atoms with Gasteiger partial charge in [0.1, 0.15) is 11.8 Å². The summed E-state index contributed by atoms with van der Waals surface area (Å²) in [4.78, 5) is 39.0. The molecule has 1 fully saturated rings. The van der Waals surface area contributed by atoms with Crippen LogP contribution in [0, 0.1) is 12.8 Å². The molecule has 1 saturated heterocycles. The smallest absolute Gasteiger partial charge is 0.264 e. The van der Waals surface area contributed by atoms with Gasteiger partial charge in [-0.2, -0.15) is 0 Å². The first kappa shape index (κ1) is 21.2. The number of amides is 1. The normalized spacial score (nSPS) is 16.9. The summed E-state index contributed by atoms with van der Waals surface area (Å²) in [6.45, 7) is 10.1. The topological polar surface area (TPSA) is 71.4 Å². The van der Waals surface area contributed by atoms with E-state index < -0.39 is 0 Å². The van der Waals surface area contributed by atoms with Crippen molar-refractivity contribution in [2.24, 2.45) is 5.92 Å². The molecule has 1 aliphatic heterocycles. The molecule has 6 heteroatoms. The number of likely N-dealkylation sites (tertiary alicyclic amines) is 1. The minimum atomic E-state index is -0.307. The number of carbonyl (C=O) groups is 2. The number of hydrogen-bond acceptors (Lipinski definition) is 4. The largest absolute Gasteiger partial charge is 0.352 e. The van der Waals surface area contributed by atoms with Crippen LogP contribution in [0.25, 0.3) is 10.9 Å². The van der Waals surface area contributed by atoms with Crippen LogP contribution in [0.3, 0.4) is 0 Å². The van der Waals surface area contributed by atoms with E-state index in [0.29, 0.717) is 12.5 Å². The van der Waals surface area contributed by atoms with Gasteiger partial charge >= 0.3 is 0 Å². The van der Waals surface area contributed by atoms with Crippen LogP contribution in [0.2, 0.25) is 0 Å². The second-order valence-electron chi connectivity index (χ2n) is 8.40. The molecule has 156 valence electrons. The van der Waals surface area contributed by atoms with Crippen molar-refractivity contribution in [3.63, 3.8) is 0 Å². The predicted octanol–water partition coefficient (Wildman–Crippen LogP) is 2.92. The number of rotatable bonds is 6. The first-order chi connectivity index (χ1) is 13.8. The average molecular weight is 398 g/mol. The lowest BCUT2D eigenvalue weighted by atomic mass is 9.96. The molecule has 1 aliphatic rings. The molecule has 1 unspecified atom stereocenters. The van der Waals surface area contributed by atoms with Crippen LogP contribution in [0.15, 0.2) is 29.1 Å². The molecule has 1 aromatic heterocycles. The number of nitrogens with one attached hydrogen (secondary N) is 1. The van der Waals surface area contributed by atoms with Gasteiger partial charge in [-0.15, -0.1) is 0 Å². The van der Waals surface area contributed by atoms with E-state index in [-0.39, 0.29) is 29.1 Å². The lowest BCUT2D eigenvalue weighted by molar-refractivity contribution is -0.112. The first-order valence-corrected chi connectivity index (χ1v) is 10.5. The lowest BCUT2D eigenvalue weighted by Crippen LogP contribution is -2.43. The maximum atomic E-state index is 13.0. The highest BCUT2D eigenvalue weighted by molar-refractivity contribution is 5.98. The molecule has 1 atom stereocenters. The Kier molecular flexibility index (Phi) is 6.52. The van der Waals surface area contributed by atoms with E-state index in [1.54, 1.807) is 10.6 Å². The van der Waals surface area contributed by atoms with Crippen LogP contribution >= 0.6 is 0 Å². The molecule has 6 nitrogen and oxygen atoms in total. The highest BCUT2D eigenvalue weighted by Gasteiger charge is 2.24. The predicted molar refractivity (Wildman–Crippen MR) is 115 cm³/mol. The van der Waals surface area contributed by atoms with Gasteiger partial charge in [0, 0.05) is 18.0 Å². The second kappa shape index (κ2) is 8.91. The van der Waals surface area contributed by atoms with E-state index in [9.17, 15) is 14.4 Å². The van der Waals surface area contributed by atoms with Crippen LogP contribution in [0.1, 0.15) is 55.6 Å². The van der Waals surface area contributed by atoms with Gasteiger partial charge in [-0.1, -0.05) is 12.1 Å². The van der Waals surface area contributed by atoms with Crippen LogP contribution in [0.5, 0.6) is 0 Å². The number of fused-ring (bicyclic) bond motifs is 1. The highest BCUT2D eigenvalue weighted by atomic mass is 16.2. The first-order valence-electron chi connectivity index (χ1n) is 10.5. The fourth-order valence-electron chi connectivity index (χ4n) is 4.17. The summed E-state index contributed by atoms with van der Waals surface area (Å²) in [5.41, 5.74) is 1.86. The molecule has 3 rings (SSSR count). The zero-order valence-electron chi connectivity index (χ0n) is 17.8. The van der Waals surface area contributed by atoms with Gasteiger partial charge in [-0.25, -0.2) is 0 Å². The highest BCUT2D eigenvalue weighted by Crippen LogP contribution is 2.21. The monoisotopic (exact) mass is 397 g/mol. The van der Waals surface area contributed by atoms with Gasteiger partial charge < -0.3 is 14.7 Å². The Morgan fingerprint density at radius 3 is 2.55 bits per heavy atom. The number of carbonyl (C=O) groups excluding carboxylic acids is 2. The Bertz CT molecular complexity index is 956. The summed E-state index contributed by atoms with van der Waals surface area (Å²) in [5, 5.41) is 3.91. The second-order valence-corrected chi connectivity index (χ2v) is 8.40. The van der Waals surface area contributed by atoms with E-state index in [4.69, 9.17) is 0 Å². The van der Waals surface area contributed by atoms with Crippen molar-refractivity contribution < 1.29 is 9.59 Å². The van der Waals surface area contributed by atoms with Gasteiger partial charge in [-0.05, 0) is 77.2 Å². The maximum absolute atomic E-state index is 13.0. The molecule has 1 aromatic carbocycles. The molecule has 2 heterocycles. The van der Waals surface area contributed by atoms with Crippen molar-refractivity contribution in [2.75, 3.05) is 19.6 Å². The summed E-state index contributed by atoms with van der Waals surface area (Å²) in [6.07, 6.45) is 2.85. The molecule has 0 radical (unpaired) electrons. The Balaban J connectivity index is 1.76. The van der Waals surface area contributed by atoms with Crippen molar-refractivity contribution in [3.05, 3.63) is 45.7 Å². The summed E-state index contributed by atoms with van der Waals surface area (Å²) < 4.78 is 1.70. The molecular weight excluding hydrogens is 366 g/mol. The van der Waals surface area contributed by atoms with E-state index in [1.807, 2.05) is 45.9 Å². The van der Waals surface area contributed by atoms with Gasteiger partial charge in [0.05, 0.1) is 11.6 Å². The SMILES string of the molecule is Cc1cccc2c1cc(C(=O)NCC1CCN(C(C)C=O)CC1)c(=O)n2C(C)C. The zero-order chi connectivity index (χ0) is 21.1. The molecule has 0 bridgehead atoms. The van der Waals surface area contributed by atoms with Crippen LogP contribution in [-0.2, 0) is 4.79 Å². The number of benzene rings is 1. The molecule has 1 amide bonds. The van der Waals surface area contributed by atoms with E-state index in [1.165, 1.54) is 0 Å². The standard InChI is InChI=1S/C23H31N3O3/c1-15(2)26-21-7-5-6-16(3)19(21)12-20(23(26)29)22(28)24-13-18-8-10-25(11-9-18)17(4)14-27/h5-7,12,14-15,17-18H,8-11,13H2,1-4H3,(H,24,28). The number of nitrogens with zero attached hydrogens (tertiary/aromatic N) is 2. The average Bonchev–Trinajstić information content (AvgIpc) is 2.71. The number of piperidine rings is 1. The molecule has 0 spiro atoms. The van der Waals surface area contributed by atoms with Gasteiger partial charge in [0.25, 0.3) is 11.5 Å².